The van der Waals surface area contributed by atoms with Gasteiger partial charge in [0.25, 0.3) is 0 Å². The Morgan fingerprint density at radius 3 is 1.94 bits per heavy atom. The third-order valence-corrected chi connectivity index (χ3v) is 8.78. The highest BCUT2D eigenvalue weighted by Crippen LogP contribution is 2.52. The molecule has 1 N–H and O–H groups in total. The highest BCUT2D eigenvalue weighted by molar-refractivity contribution is 9.10. The van der Waals surface area contributed by atoms with Gasteiger partial charge in [-0.1, -0.05) is 42.1 Å². The molecule has 1 saturated carbocycles. The molecule has 0 saturated heterocycles. The normalized spacial score (nSPS) is 19.3. The summed E-state index contributed by atoms with van der Waals surface area (Å²) in [6, 6.07) is 0. The van der Waals surface area contributed by atoms with Crippen LogP contribution in [0.25, 0.3) is 0 Å². The van der Waals surface area contributed by atoms with Crippen molar-refractivity contribution in [3.8, 4) is 0 Å². The Kier molecular flexibility index (Phi) is 11.1. The minimum absolute atomic E-state index is 0.0603. The number of nitrogens with zero attached hydrogens (tertiary/aromatic N) is 1. The number of hydrogen-bond acceptors (Lipinski definition) is 5. The van der Waals surface area contributed by atoms with Crippen LogP contribution in [0.3, 0.4) is 0 Å². The maximum atomic E-state index is 13.5. The molecule has 34 heavy (non-hydrogen) atoms. The highest BCUT2D eigenvalue weighted by Gasteiger charge is 2.57. The second-order valence-electron chi connectivity index (χ2n) is 11.8. The van der Waals surface area contributed by atoms with Crippen LogP contribution >= 0.6 is 15.9 Å². The number of halogens is 1. The van der Waals surface area contributed by atoms with Crippen LogP contribution in [0.15, 0.2) is 0 Å². The van der Waals surface area contributed by atoms with Crippen molar-refractivity contribution in [1.82, 2.24) is 0 Å². The molecule has 1 aliphatic rings. The van der Waals surface area contributed by atoms with E-state index in [9.17, 15) is 14.4 Å². The van der Waals surface area contributed by atoms with Gasteiger partial charge in [-0.2, -0.15) is 0 Å². The first kappa shape index (κ1) is 30.9. The molecule has 7 nitrogen and oxygen atoms in total. The summed E-state index contributed by atoms with van der Waals surface area (Å²) in [5.74, 6) is -1.99. The quantitative estimate of drug-likeness (QED) is 0.217. The summed E-state index contributed by atoms with van der Waals surface area (Å²) in [4.78, 5) is 37.9. The number of carboxylic acid groups (broad SMARTS) is 1. The fourth-order valence-electron chi connectivity index (χ4n) is 4.65. The van der Waals surface area contributed by atoms with Gasteiger partial charge in [0.15, 0.2) is 6.54 Å². The number of alkyl halides is 1. The number of esters is 2. The van der Waals surface area contributed by atoms with Crippen LogP contribution in [0.1, 0.15) is 86.5 Å². The molecule has 0 aromatic heterocycles. The van der Waals surface area contributed by atoms with Crippen LogP contribution in [0, 0.1) is 16.7 Å². The van der Waals surface area contributed by atoms with Crippen LogP contribution in [0.2, 0.25) is 0 Å². The van der Waals surface area contributed by atoms with Gasteiger partial charge in [-0.25, -0.2) is 4.79 Å². The van der Waals surface area contributed by atoms with Gasteiger partial charge < -0.3 is 19.1 Å². The Balaban J connectivity index is 2.99. The van der Waals surface area contributed by atoms with Gasteiger partial charge in [0.05, 0.1) is 24.9 Å². The van der Waals surface area contributed by atoms with Crippen molar-refractivity contribution in [2.75, 3.05) is 33.8 Å². The number of carbonyl (C=O) groups excluding carboxylic acids is 2. The van der Waals surface area contributed by atoms with Crippen molar-refractivity contribution in [1.29, 1.82) is 0 Å². The average Bonchev–Trinajstić information content (AvgIpc) is 2.66. The molecule has 8 heteroatoms. The Morgan fingerprint density at radius 1 is 0.971 bits per heavy atom. The molecule has 0 aliphatic heterocycles. The van der Waals surface area contributed by atoms with Crippen LogP contribution in [0.4, 0.5) is 0 Å². The molecular weight excluding hydrogens is 502 g/mol. The zero-order valence-electron chi connectivity index (χ0n) is 22.5. The number of ether oxygens (including phenoxy) is 2. The van der Waals surface area contributed by atoms with E-state index in [2.05, 4.69) is 15.9 Å². The molecule has 0 bridgehead atoms. The molecule has 1 rings (SSSR count). The van der Waals surface area contributed by atoms with Gasteiger partial charge in [0, 0.05) is 4.32 Å². The molecule has 0 radical (unpaired) electrons. The van der Waals surface area contributed by atoms with Gasteiger partial charge in [0.1, 0.15) is 19.3 Å². The second-order valence-corrected chi connectivity index (χ2v) is 13.8. The third-order valence-electron chi connectivity index (χ3n) is 7.95. The lowest BCUT2D eigenvalue weighted by molar-refractivity contribution is -0.883. The second kappa shape index (κ2) is 12.2. The van der Waals surface area contributed by atoms with E-state index in [1.54, 1.807) is 14.1 Å². The third kappa shape index (κ3) is 8.21. The average molecular weight is 550 g/mol. The Labute approximate surface area is 214 Å². The first-order valence-corrected chi connectivity index (χ1v) is 13.4. The van der Waals surface area contributed by atoms with Gasteiger partial charge in [-0.05, 0) is 66.2 Å². The lowest BCUT2D eigenvalue weighted by atomic mass is 9.60. The van der Waals surface area contributed by atoms with E-state index in [4.69, 9.17) is 14.6 Å². The molecular formula is C26H47BrNO6+. The number of aliphatic carboxylic acids is 1. The molecule has 0 aromatic carbocycles. The van der Waals surface area contributed by atoms with Crippen molar-refractivity contribution in [2.24, 2.45) is 16.7 Å². The zero-order chi connectivity index (χ0) is 26.4. The van der Waals surface area contributed by atoms with Gasteiger partial charge in [-0.15, -0.1) is 0 Å². The van der Waals surface area contributed by atoms with Gasteiger partial charge in [-0.3, -0.25) is 9.59 Å². The largest absolute Gasteiger partial charge is 0.477 e. The lowest BCUT2D eigenvalue weighted by Crippen LogP contribution is -2.55. The minimum Gasteiger partial charge on any atom is -0.477 e. The summed E-state index contributed by atoms with van der Waals surface area (Å²) in [5, 5.41) is 9.08. The summed E-state index contributed by atoms with van der Waals surface area (Å²) in [6.45, 7) is 11.7. The van der Waals surface area contributed by atoms with E-state index in [-0.39, 0.29) is 29.7 Å². The summed E-state index contributed by atoms with van der Waals surface area (Å²) in [6.07, 6.45) is 7.47. The maximum Gasteiger partial charge on any atom is 0.359 e. The molecule has 2 atom stereocenters. The van der Waals surface area contributed by atoms with E-state index >= 15 is 0 Å². The van der Waals surface area contributed by atoms with Gasteiger partial charge in [0.2, 0.25) is 0 Å². The number of likely N-dealkylation sites (N-methyl/N-ethyl adjacent to an activating group) is 1. The minimum atomic E-state index is -1.04. The number of rotatable bonds is 11. The number of carboxylic acids is 1. The predicted molar refractivity (Wildman–Crippen MR) is 137 cm³/mol. The van der Waals surface area contributed by atoms with Crippen molar-refractivity contribution >= 4 is 33.8 Å². The number of hydrogen-bond donors (Lipinski definition) is 1. The molecule has 0 spiro atoms. The fourth-order valence-corrected chi connectivity index (χ4v) is 5.16. The summed E-state index contributed by atoms with van der Waals surface area (Å²) < 4.78 is 11.2. The van der Waals surface area contributed by atoms with Crippen molar-refractivity contribution in [2.45, 2.75) is 96.9 Å². The van der Waals surface area contributed by atoms with E-state index in [0.29, 0.717) is 6.54 Å². The lowest BCUT2D eigenvalue weighted by Gasteiger charge is -2.47. The Hall–Kier alpha value is -1.15. The van der Waals surface area contributed by atoms with E-state index < -0.39 is 33.0 Å². The van der Waals surface area contributed by atoms with Gasteiger partial charge >= 0.3 is 17.9 Å². The molecule has 0 heterocycles. The first-order valence-electron chi connectivity index (χ1n) is 12.6. The zero-order valence-corrected chi connectivity index (χ0v) is 24.1. The molecule has 2 unspecified atom stereocenters. The van der Waals surface area contributed by atoms with E-state index in [1.807, 2.05) is 41.5 Å². The number of quaternary nitrogens is 1. The Morgan fingerprint density at radius 2 is 1.47 bits per heavy atom. The smallest absolute Gasteiger partial charge is 0.359 e. The summed E-state index contributed by atoms with van der Waals surface area (Å²) in [5.41, 5.74) is -1.96. The van der Waals surface area contributed by atoms with Crippen LogP contribution < -0.4 is 0 Å². The molecule has 0 aromatic rings. The Bertz CT molecular complexity index is 707. The molecule has 1 aliphatic carbocycles. The van der Waals surface area contributed by atoms with E-state index in [0.717, 1.165) is 25.7 Å². The van der Waals surface area contributed by atoms with Crippen LogP contribution in [-0.2, 0) is 23.9 Å². The first-order chi connectivity index (χ1) is 15.4. The fraction of sp³-hybridized carbons (Fsp3) is 0.885. The van der Waals surface area contributed by atoms with Crippen molar-refractivity contribution in [3.63, 3.8) is 0 Å². The maximum absolute atomic E-state index is 13.5. The summed E-state index contributed by atoms with van der Waals surface area (Å²) >= 11 is 3.69. The van der Waals surface area contributed by atoms with E-state index in [1.165, 1.54) is 19.3 Å². The predicted octanol–water partition coefficient (Wildman–Crippen LogP) is 5.19. The highest BCUT2D eigenvalue weighted by atomic mass is 79.9. The van der Waals surface area contributed by atoms with Crippen molar-refractivity contribution < 1.29 is 33.4 Å². The molecule has 1 fully saturated rings. The molecule has 198 valence electrons. The summed E-state index contributed by atoms with van der Waals surface area (Å²) in [7, 11) is 3.57. The van der Waals surface area contributed by atoms with Crippen LogP contribution in [0.5, 0.6) is 0 Å². The monoisotopic (exact) mass is 548 g/mol. The number of carbonyl (C=O) groups is 3. The van der Waals surface area contributed by atoms with Crippen LogP contribution in [-0.4, -0.2) is 71.7 Å². The standard InChI is InChI=1S/C26H46BrNO6/c1-19(24(2,3)22(31)34-20-14-12-10-9-11-13-15-20)26(6,25(4,5)27)23(32)33-17-16-28(7,8)18-21(29)30/h19-20H,9-18H2,1-8H3/p+1. The van der Waals surface area contributed by atoms with Crippen molar-refractivity contribution in [3.05, 3.63) is 0 Å². The molecule has 0 amide bonds. The SMILES string of the molecule is CC(C(C)(C)C(=O)OC1CCCCCCC1)C(C)(C(=O)OCC[N+](C)(C)CC(=O)O)C(C)(C)Br. The topological polar surface area (TPSA) is 89.9 Å².